The molecule has 0 amide bonds. The Balaban J connectivity index is 2.26. The van der Waals surface area contributed by atoms with E-state index in [0.717, 1.165) is 5.56 Å². The minimum atomic E-state index is -0.391. The van der Waals surface area contributed by atoms with Gasteiger partial charge in [-0.2, -0.15) is 0 Å². The van der Waals surface area contributed by atoms with Gasteiger partial charge in [0.25, 0.3) is 0 Å². The first-order valence-electron chi connectivity index (χ1n) is 6.25. The van der Waals surface area contributed by atoms with Gasteiger partial charge in [-0.25, -0.2) is 4.79 Å². The number of aryl methyl sites for hydroxylation is 1. The van der Waals surface area contributed by atoms with Crippen LogP contribution in [0, 0.1) is 6.92 Å². The van der Waals surface area contributed by atoms with Crippen LogP contribution in [0.4, 0.5) is 5.69 Å². The molecule has 0 aliphatic carbocycles. The Morgan fingerprint density at radius 1 is 1.21 bits per heavy atom. The van der Waals surface area contributed by atoms with Crippen LogP contribution >= 0.6 is 0 Å². The van der Waals surface area contributed by atoms with Gasteiger partial charge in [0.1, 0.15) is 0 Å². The molecule has 0 spiro atoms. The molecule has 106 valence electrons. The first kappa shape index (κ1) is 15.5. The molecule has 0 aromatic heterocycles. The average Bonchev–Trinajstić information content (AvgIpc) is 2.40. The molecule has 0 saturated carbocycles. The predicted molar refractivity (Wildman–Crippen MR) is 73.2 cm³/mol. The molecule has 0 radical (unpaired) electrons. The van der Waals surface area contributed by atoms with Crippen LogP contribution in [0.15, 0.2) is 18.2 Å². The number of hydrogen-bond acceptors (Lipinski definition) is 5. The van der Waals surface area contributed by atoms with Crippen molar-refractivity contribution in [1.82, 2.24) is 0 Å². The van der Waals surface area contributed by atoms with E-state index < -0.39 is 5.97 Å². The van der Waals surface area contributed by atoms with Crippen LogP contribution in [-0.2, 0) is 14.2 Å². The molecule has 0 aliphatic heterocycles. The number of ether oxygens (including phenoxy) is 3. The Bertz CT molecular complexity index is 406. The molecule has 0 unspecified atom stereocenters. The topological polar surface area (TPSA) is 70.8 Å². The smallest absolute Gasteiger partial charge is 0.340 e. The highest BCUT2D eigenvalue weighted by Crippen LogP contribution is 2.17. The van der Waals surface area contributed by atoms with E-state index in [1.807, 2.05) is 13.0 Å². The third-order valence-electron chi connectivity index (χ3n) is 2.64. The number of nitrogen functional groups attached to an aromatic ring is 1. The van der Waals surface area contributed by atoms with Crippen LogP contribution in [0.5, 0.6) is 0 Å². The van der Waals surface area contributed by atoms with Gasteiger partial charge >= 0.3 is 5.97 Å². The first-order chi connectivity index (χ1) is 9.16. The van der Waals surface area contributed by atoms with Gasteiger partial charge in [0.2, 0.25) is 0 Å². The Kier molecular flexibility index (Phi) is 6.92. The molecule has 0 atom stereocenters. The fourth-order valence-corrected chi connectivity index (χ4v) is 1.51. The van der Waals surface area contributed by atoms with E-state index >= 15 is 0 Å². The number of anilines is 1. The number of benzene rings is 1. The lowest BCUT2D eigenvalue weighted by Gasteiger charge is -2.08. The normalized spacial score (nSPS) is 10.4. The molecular formula is C14H21NO4. The van der Waals surface area contributed by atoms with Gasteiger partial charge in [0.15, 0.2) is 0 Å². The molecule has 0 saturated heterocycles. The number of nitrogens with two attached hydrogens (primary N) is 1. The highest BCUT2D eigenvalue weighted by atomic mass is 16.5. The summed E-state index contributed by atoms with van der Waals surface area (Å²) < 4.78 is 15.2. The highest BCUT2D eigenvalue weighted by Gasteiger charge is 2.11. The quantitative estimate of drug-likeness (QED) is 0.441. The van der Waals surface area contributed by atoms with E-state index in [1.54, 1.807) is 19.2 Å². The molecule has 0 heterocycles. The number of carbonyl (C=O) groups is 1. The van der Waals surface area contributed by atoms with Gasteiger partial charge < -0.3 is 19.9 Å². The maximum absolute atomic E-state index is 11.8. The van der Waals surface area contributed by atoms with Crippen LogP contribution in [0.2, 0.25) is 0 Å². The van der Waals surface area contributed by atoms with Crippen molar-refractivity contribution in [1.29, 1.82) is 0 Å². The molecule has 19 heavy (non-hydrogen) atoms. The maximum atomic E-state index is 11.8. The molecule has 0 bridgehead atoms. The predicted octanol–water partition coefficient (Wildman–Crippen LogP) is 1.79. The Morgan fingerprint density at radius 3 is 2.74 bits per heavy atom. The summed E-state index contributed by atoms with van der Waals surface area (Å²) >= 11 is 0. The average molecular weight is 267 g/mol. The van der Waals surface area contributed by atoms with Crippen molar-refractivity contribution >= 4 is 11.7 Å². The Labute approximate surface area is 113 Å². The number of esters is 1. The number of para-hydroxylation sites is 1. The lowest BCUT2D eigenvalue weighted by atomic mass is 10.1. The maximum Gasteiger partial charge on any atom is 0.340 e. The van der Waals surface area contributed by atoms with E-state index in [1.165, 1.54) is 0 Å². The van der Waals surface area contributed by atoms with Crippen molar-refractivity contribution in [2.45, 2.75) is 13.3 Å². The molecule has 0 aliphatic rings. The molecule has 1 rings (SSSR count). The molecular weight excluding hydrogens is 246 g/mol. The second-order valence-electron chi connectivity index (χ2n) is 4.13. The minimum Gasteiger partial charge on any atom is -0.462 e. The second kappa shape index (κ2) is 8.50. The fourth-order valence-electron chi connectivity index (χ4n) is 1.51. The van der Waals surface area contributed by atoms with Crippen molar-refractivity contribution < 1.29 is 19.0 Å². The number of hydrogen-bond donors (Lipinski definition) is 1. The van der Waals surface area contributed by atoms with Gasteiger partial charge in [-0.1, -0.05) is 12.1 Å². The zero-order valence-electron chi connectivity index (χ0n) is 11.5. The lowest BCUT2D eigenvalue weighted by Crippen LogP contribution is -2.12. The van der Waals surface area contributed by atoms with E-state index in [2.05, 4.69) is 0 Å². The summed E-state index contributed by atoms with van der Waals surface area (Å²) in [6, 6.07) is 5.31. The SMILES string of the molecule is COCCOCCCOC(=O)c1cccc(C)c1N. The molecule has 5 heteroatoms. The summed E-state index contributed by atoms with van der Waals surface area (Å²) in [4.78, 5) is 11.8. The molecule has 1 aromatic rings. The molecule has 5 nitrogen and oxygen atoms in total. The third kappa shape index (κ3) is 5.28. The number of carbonyl (C=O) groups excluding carboxylic acids is 1. The van der Waals surface area contributed by atoms with Crippen molar-refractivity contribution in [2.24, 2.45) is 0 Å². The summed E-state index contributed by atoms with van der Waals surface area (Å²) in [7, 11) is 1.62. The third-order valence-corrected chi connectivity index (χ3v) is 2.64. The largest absolute Gasteiger partial charge is 0.462 e. The van der Waals surface area contributed by atoms with Gasteiger partial charge in [-0.15, -0.1) is 0 Å². The summed E-state index contributed by atoms with van der Waals surface area (Å²) in [5, 5.41) is 0. The molecule has 1 aromatic carbocycles. The van der Waals surface area contributed by atoms with Crippen molar-refractivity contribution in [2.75, 3.05) is 39.3 Å². The van der Waals surface area contributed by atoms with E-state index in [4.69, 9.17) is 19.9 Å². The highest BCUT2D eigenvalue weighted by molar-refractivity contribution is 5.95. The van der Waals surface area contributed by atoms with Gasteiger partial charge in [0.05, 0.1) is 25.4 Å². The fraction of sp³-hybridized carbons (Fsp3) is 0.500. The minimum absolute atomic E-state index is 0.319. The zero-order chi connectivity index (χ0) is 14.1. The van der Waals surface area contributed by atoms with E-state index in [0.29, 0.717) is 44.1 Å². The summed E-state index contributed by atoms with van der Waals surface area (Å²) in [5.74, 6) is -0.391. The molecule has 2 N–H and O–H groups in total. The second-order valence-corrected chi connectivity index (χ2v) is 4.13. The summed E-state index contributed by atoms with van der Waals surface area (Å²) in [6.45, 7) is 3.84. The van der Waals surface area contributed by atoms with Crippen molar-refractivity contribution in [3.63, 3.8) is 0 Å². The van der Waals surface area contributed by atoms with E-state index in [9.17, 15) is 4.79 Å². The van der Waals surface area contributed by atoms with Crippen LogP contribution in [0.3, 0.4) is 0 Å². The van der Waals surface area contributed by atoms with Gasteiger partial charge in [0, 0.05) is 25.8 Å². The van der Waals surface area contributed by atoms with Crippen LogP contribution in [0.1, 0.15) is 22.3 Å². The summed E-state index contributed by atoms with van der Waals surface area (Å²) in [6.07, 6.45) is 0.654. The summed E-state index contributed by atoms with van der Waals surface area (Å²) in [5.41, 5.74) is 7.59. The lowest BCUT2D eigenvalue weighted by molar-refractivity contribution is 0.0386. The molecule has 0 fully saturated rings. The van der Waals surface area contributed by atoms with Crippen LogP contribution < -0.4 is 5.73 Å². The van der Waals surface area contributed by atoms with Crippen LogP contribution in [0.25, 0.3) is 0 Å². The van der Waals surface area contributed by atoms with Crippen molar-refractivity contribution in [3.8, 4) is 0 Å². The Hall–Kier alpha value is -1.59. The van der Waals surface area contributed by atoms with Gasteiger partial charge in [-0.3, -0.25) is 0 Å². The number of rotatable bonds is 8. The number of methoxy groups -OCH3 is 1. The van der Waals surface area contributed by atoms with Crippen molar-refractivity contribution in [3.05, 3.63) is 29.3 Å². The first-order valence-corrected chi connectivity index (χ1v) is 6.25. The standard InChI is InChI=1S/C14H21NO4/c1-11-5-3-6-12(13(11)15)14(16)19-8-4-7-18-10-9-17-2/h3,5-6H,4,7-10,15H2,1-2H3. The monoisotopic (exact) mass is 267 g/mol. The van der Waals surface area contributed by atoms with Crippen LogP contribution in [-0.4, -0.2) is 39.5 Å². The van der Waals surface area contributed by atoms with E-state index in [-0.39, 0.29) is 0 Å². The van der Waals surface area contributed by atoms with Gasteiger partial charge in [-0.05, 0) is 18.6 Å². The zero-order valence-corrected chi connectivity index (χ0v) is 11.5. The Morgan fingerprint density at radius 2 is 2.00 bits per heavy atom.